The Balaban J connectivity index is 1.44. The van der Waals surface area contributed by atoms with Crippen LogP contribution >= 0.6 is 0 Å². The van der Waals surface area contributed by atoms with Crippen molar-refractivity contribution in [2.45, 2.75) is 116 Å². The van der Waals surface area contributed by atoms with Crippen molar-refractivity contribution in [1.29, 1.82) is 0 Å². The van der Waals surface area contributed by atoms with E-state index < -0.39 is 47.2 Å². The zero-order valence-electron chi connectivity index (χ0n) is 26.9. The van der Waals surface area contributed by atoms with Gasteiger partial charge < -0.3 is 35.3 Å². The molecule has 4 bridgehead atoms. The fraction of sp³-hybridized carbons (Fsp3) is 0.688. The predicted octanol–water partition coefficient (Wildman–Crippen LogP) is 2.61. The van der Waals surface area contributed by atoms with E-state index in [1.807, 2.05) is 0 Å². The number of pyridine rings is 1. The van der Waals surface area contributed by atoms with Crippen LogP contribution in [-0.2, 0) is 35.2 Å². The highest BCUT2D eigenvalue weighted by Gasteiger charge is 2.51. The van der Waals surface area contributed by atoms with Crippen molar-refractivity contribution in [1.82, 2.24) is 20.5 Å². The minimum atomic E-state index is -1.25. The Hall–Kier alpha value is -3.90. The molecule has 0 aromatic carbocycles. The van der Waals surface area contributed by atoms with Gasteiger partial charge in [-0.25, -0.2) is 4.79 Å². The summed E-state index contributed by atoms with van der Waals surface area (Å²) in [5.74, 6) is -0.229. The summed E-state index contributed by atoms with van der Waals surface area (Å²) in [4.78, 5) is 76.6. The molecule has 0 spiro atoms. The number of carbonyl (C=O) groups excluding carboxylic acids is 5. The Morgan fingerprint density at radius 3 is 2.18 bits per heavy atom. The predicted molar refractivity (Wildman–Crippen MR) is 165 cm³/mol. The molecular weight excluding hydrogens is 582 g/mol. The molecule has 1 unspecified atom stereocenters. The molecule has 5 rings (SSSR count). The first-order chi connectivity index (χ1) is 21.1. The van der Waals surface area contributed by atoms with E-state index in [9.17, 15) is 28.8 Å². The molecule has 13 nitrogen and oxygen atoms in total. The van der Waals surface area contributed by atoms with E-state index in [1.165, 1.54) is 43.0 Å². The first-order valence-electron chi connectivity index (χ1n) is 15.9. The Bertz CT molecular complexity index is 1310. The highest BCUT2D eigenvalue weighted by molar-refractivity contribution is 5.96. The molecule has 4 saturated carbocycles. The third kappa shape index (κ3) is 9.30. The monoisotopic (exact) mass is 629 g/mol. The minimum absolute atomic E-state index is 0.0821. The van der Waals surface area contributed by atoms with Gasteiger partial charge in [0, 0.05) is 25.2 Å². The summed E-state index contributed by atoms with van der Waals surface area (Å²) in [5, 5.41) is 10.9. The summed E-state index contributed by atoms with van der Waals surface area (Å²) in [6.07, 6.45) is 5.90. The quantitative estimate of drug-likeness (QED) is 0.255. The van der Waals surface area contributed by atoms with E-state index in [1.54, 1.807) is 33.8 Å². The van der Waals surface area contributed by atoms with Gasteiger partial charge >= 0.3 is 12.1 Å². The maximum absolute atomic E-state index is 13.4. The number of alkyl carbamates (subject to hydrolysis) is 1. The highest BCUT2D eigenvalue weighted by Crippen LogP contribution is 2.55. The lowest BCUT2D eigenvalue weighted by molar-refractivity contribution is -0.154. The Morgan fingerprint density at radius 1 is 1.00 bits per heavy atom. The number of likely N-dealkylation sites (N-methyl/N-ethyl adjacent to an activating group) is 1. The summed E-state index contributed by atoms with van der Waals surface area (Å²) in [7, 11) is 0. The number of rotatable bonds is 12. The van der Waals surface area contributed by atoms with Crippen LogP contribution in [0.1, 0.15) is 86.0 Å². The van der Waals surface area contributed by atoms with Crippen LogP contribution < -0.4 is 26.8 Å². The first-order valence-corrected chi connectivity index (χ1v) is 15.9. The fourth-order valence-corrected chi connectivity index (χ4v) is 7.50. The third-order valence-electron chi connectivity index (χ3n) is 8.71. The van der Waals surface area contributed by atoms with Crippen molar-refractivity contribution in [3.63, 3.8) is 0 Å². The molecule has 45 heavy (non-hydrogen) atoms. The molecule has 13 heteroatoms. The van der Waals surface area contributed by atoms with Crippen LogP contribution in [0.15, 0.2) is 23.1 Å². The topological polar surface area (TPSA) is 174 Å². The van der Waals surface area contributed by atoms with E-state index in [2.05, 4.69) is 21.3 Å². The average Bonchev–Trinajstić information content (AvgIpc) is 2.90. The van der Waals surface area contributed by atoms with Gasteiger partial charge in [0.05, 0.1) is 0 Å². The van der Waals surface area contributed by atoms with Crippen molar-refractivity contribution in [2.24, 2.45) is 17.8 Å². The summed E-state index contributed by atoms with van der Waals surface area (Å²) in [6, 6.07) is 1.71. The number of hydrogen-bond acceptors (Lipinski definition) is 8. The maximum Gasteiger partial charge on any atom is 0.408 e. The number of ether oxygens (including phenoxy) is 2. The zero-order chi connectivity index (χ0) is 32.9. The number of nitrogens with one attached hydrogen (secondary N) is 4. The van der Waals surface area contributed by atoms with Crippen LogP contribution in [0, 0.1) is 17.8 Å². The van der Waals surface area contributed by atoms with Gasteiger partial charge in [0.2, 0.25) is 11.8 Å². The molecule has 4 aliphatic carbocycles. The molecule has 0 radical (unpaired) electrons. The normalized spacial score (nSPS) is 24.6. The van der Waals surface area contributed by atoms with Gasteiger partial charge in [-0.3, -0.25) is 24.0 Å². The van der Waals surface area contributed by atoms with E-state index in [0.717, 1.165) is 19.3 Å². The minimum Gasteiger partial charge on any atom is -0.452 e. The van der Waals surface area contributed by atoms with Gasteiger partial charge in [-0.05, 0) is 109 Å². The van der Waals surface area contributed by atoms with Gasteiger partial charge in [-0.2, -0.15) is 0 Å². The van der Waals surface area contributed by atoms with Crippen molar-refractivity contribution < 1.29 is 33.4 Å². The first kappa shape index (κ1) is 34.0. The van der Waals surface area contributed by atoms with Gasteiger partial charge in [-0.15, -0.1) is 0 Å². The lowest BCUT2D eigenvalue weighted by Gasteiger charge is -2.56. The fourth-order valence-electron chi connectivity index (χ4n) is 7.50. The van der Waals surface area contributed by atoms with Crippen molar-refractivity contribution in [2.75, 3.05) is 11.9 Å². The Morgan fingerprint density at radius 2 is 1.62 bits per heavy atom. The average molecular weight is 630 g/mol. The number of aromatic nitrogens is 1. The number of nitrogens with zero attached hydrogens (tertiary/aromatic N) is 1. The van der Waals surface area contributed by atoms with Crippen molar-refractivity contribution in [3.05, 3.63) is 28.7 Å². The van der Waals surface area contributed by atoms with E-state index in [-0.39, 0.29) is 36.5 Å². The largest absolute Gasteiger partial charge is 0.452 e. The molecule has 4 fully saturated rings. The molecule has 2 atom stereocenters. The number of esters is 1. The third-order valence-corrected chi connectivity index (χ3v) is 8.71. The summed E-state index contributed by atoms with van der Waals surface area (Å²) < 4.78 is 11.7. The maximum atomic E-state index is 13.4. The lowest BCUT2D eigenvalue weighted by Crippen LogP contribution is -2.60. The van der Waals surface area contributed by atoms with E-state index in [4.69, 9.17) is 9.47 Å². The van der Waals surface area contributed by atoms with Crippen LogP contribution in [0.25, 0.3) is 0 Å². The molecule has 4 aliphatic rings. The molecule has 0 saturated heterocycles. The highest BCUT2D eigenvalue weighted by atomic mass is 16.6. The zero-order valence-corrected chi connectivity index (χ0v) is 26.9. The number of carbonyl (C=O) groups is 5. The van der Waals surface area contributed by atoms with Crippen molar-refractivity contribution >= 4 is 35.5 Å². The molecule has 248 valence electrons. The number of anilines is 1. The van der Waals surface area contributed by atoms with Crippen LogP contribution in [0.2, 0.25) is 0 Å². The van der Waals surface area contributed by atoms with Crippen LogP contribution in [0.3, 0.4) is 0 Å². The second-order valence-corrected chi connectivity index (χ2v) is 13.9. The summed E-state index contributed by atoms with van der Waals surface area (Å²) in [5.41, 5.74) is -1.71. The second kappa shape index (κ2) is 14.0. The molecule has 1 aromatic rings. The van der Waals surface area contributed by atoms with Gasteiger partial charge in [0.15, 0.2) is 6.10 Å². The van der Waals surface area contributed by atoms with Crippen LogP contribution in [0.4, 0.5) is 10.5 Å². The van der Waals surface area contributed by atoms with Gasteiger partial charge in [-0.1, -0.05) is 0 Å². The molecule has 1 aromatic heterocycles. The van der Waals surface area contributed by atoms with Gasteiger partial charge in [0.1, 0.15) is 23.9 Å². The van der Waals surface area contributed by atoms with Crippen molar-refractivity contribution in [3.8, 4) is 0 Å². The van der Waals surface area contributed by atoms with E-state index in [0.29, 0.717) is 24.3 Å². The van der Waals surface area contributed by atoms with Gasteiger partial charge in [0.25, 0.3) is 11.5 Å². The van der Waals surface area contributed by atoms with Crippen LogP contribution in [0.5, 0.6) is 0 Å². The van der Waals surface area contributed by atoms with E-state index >= 15 is 0 Å². The Labute approximate surface area is 263 Å². The summed E-state index contributed by atoms with van der Waals surface area (Å²) in [6.45, 7) is 7.98. The number of hydrogen-bond donors (Lipinski definition) is 4. The SMILES string of the molecule is CCNC(=O)C(CC[C@H](NC(=O)OC(C)(C)C)C(=O)Nc1cccn(CC(=O)NC23CC4CC(CC(C4)C2)C3)c1=O)OC(C)=O. The second-order valence-electron chi connectivity index (χ2n) is 13.9. The molecule has 4 amide bonds. The summed E-state index contributed by atoms with van der Waals surface area (Å²) >= 11 is 0. The molecule has 0 aliphatic heterocycles. The van der Waals surface area contributed by atoms with Crippen LogP contribution in [-0.4, -0.2) is 64.2 Å². The smallest absolute Gasteiger partial charge is 0.408 e. The lowest BCUT2D eigenvalue weighted by atomic mass is 9.53. The molecule has 4 N–H and O–H groups in total. The standard InChI is InChI=1S/C32H47N5O8/c1-6-33-28(41)25(44-19(2)38)10-9-23(35-30(43)45-31(3,4)5)27(40)34-24-8-7-11-37(29(24)42)18-26(39)36-32-15-20-12-21(16-32)14-22(13-20)17-32/h7-8,11,20-23,25H,6,9-10,12-18H2,1-5H3,(H,33,41)(H,34,40)(H,35,43)(H,36,39)/t20?,21?,22?,23-,25?,32?/m0/s1. The number of amides is 4. The Kier molecular flexibility index (Phi) is 10.6. The molecular formula is C32H47N5O8. The molecule has 1 heterocycles.